The number of aryl methyl sites for hydroxylation is 2. The molecule has 0 amide bonds. The fourth-order valence-electron chi connectivity index (χ4n) is 1.75. The minimum absolute atomic E-state index is 0.481. The first-order valence-corrected chi connectivity index (χ1v) is 5.52. The van der Waals surface area contributed by atoms with Crippen molar-refractivity contribution in [3.8, 4) is 0 Å². The van der Waals surface area contributed by atoms with E-state index >= 15 is 0 Å². The van der Waals surface area contributed by atoms with Gasteiger partial charge >= 0.3 is 0 Å². The molecule has 0 saturated carbocycles. The molecule has 0 fully saturated rings. The molecule has 3 aromatic heterocycles. The van der Waals surface area contributed by atoms with Crippen molar-refractivity contribution >= 4 is 16.9 Å². The van der Waals surface area contributed by atoms with Crippen molar-refractivity contribution in [1.29, 1.82) is 0 Å². The Hall–Kier alpha value is -2.44. The Morgan fingerprint density at radius 3 is 2.94 bits per heavy atom. The van der Waals surface area contributed by atoms with Crippen LogP contribution in [-0.2, 0) is 13.6 Å². The van der Waals surface area contributed by atoms with Crippen LogP contribution in [-0.4, -0.2) is 24.7 Å². The van der Waals surface area contributed by atoms with Gasteiger partial charge in [-0.3, -0.25) is 4.68 Å². The van der Waals surface area contributed by atoms with Crippen LogP contribution in [0.3, 0.4) is 0 Å². The number of nitrogens with zero attached hydrogens (tertiary/aromatic N) is 5. The van der Waals surface area contributed by atoms with Crippen molar-refractivity contribution in [1.82, 2.24) is 24.7 Å². The molecular formula is C11H12N6O. The first-order valence-electron chi connectivity index (χ1n) is 5.52. The molecule has 0 aliphatic rings. The molecule has 0 atom stereocenters. The van der Waals surface area contributed by atoms with Gasteiger partial charge < -0.3 is 9.73 Å². The lowest BCUT2D eigenvalue weighted by Gasteiger charge is -2.03. The first kappa shape index (κ1) is 10.7. The second-order valence-corrected chi connectivity index (χ2v) is 3.95. The van der Waals surface area contributed by atoms with E-state index in [2.05, 4.69) is 25.4 Å². The first-order chi connectivity index (χ1) is 8.74. The molecule has 0 aliphatic carbocycles. The normalized spacial score (nSPS) is 11.0. The lowest BCUT2D eigenvalue weighted by atomic mass is 10.4. The van der Waals surface area contributed by atoms with E-state index in [1.807, 2.05) is 14.0 Å². The third-order valence-corrected chi connectivity index (χ3v) is 2.61. The number of oxazole rings is 1. The highest BCUT2D eigenvalue weighted by atomic mass is 16.4. The SMILES string of the molecule is Cc1cnc(CNc2ncnc3c2cnn3C)o1. The summed E-state index contributed by atoms with van der Waals surface area (Å²) in [5.41, 5.74) is 0.788. The van der Waals surface area contributed by atoms with E-state index in [1.54, 1.807) is 17.1 Å². The fraction of sp³-hybridized carbons (Fsp3) is 0.273. The second-order valence-electron chi connectivity index (χ2n) is 3.95. The van der Waals surface area contributed by atoms with Crippen molar-refractivity contribution in [3.05, 3.63) is 30.4 Å². The molecule has 0 spiro atoms. The summed E-state index contributed by atoms with van der Waals surface area (Å²) < 4.78 is 7.09. The summed E-state index contributed by atoms with van der Waals surface area (Å²) in [5.74, 6) is 2.15. The Morgan fingerprint density at radius 1 is 1.28 bits per heavy atom. The van der Waals surface area contributed by atoms with Crippen molar-refractivity contribution < 1.29 is 4.42 Å². The van der Waals surface area contributed by atoms with Crippen molar-refractivity contribution in [2.45, 2.75) is 13.5 Å². The molecule has 3 rings (SSSR count). The van der Waals surface area contributed by atoms with Gasteiger partial charge in [-0.2, -0.15) is 5.10 Å². The fourth-order valence-corrected chi connectivity index (χ4v) is 1.75. The van der Waals surface area contributed by atoms with E-state index in [9.17, 15) is 0 Å². The molecule has 3 heterocycles. The zero-order valence-electron chi connectivity index (χ0n) is 10.1. The van der Waals surface area contributed by atoms with Gasteiger partial charge in [0.25, 0.3) is 0 Å². The van der Waals surface area contributed by atoms with E-state index in [0.717, 1.165) is 22.6 Å². The molecule has 18 heavy (non-hydrogen) atoms. The smallest absolute Gasteiger partial charge is 0.213 e. The van der Waals surface area contributed by atoms with Crippen LogP contribution in [0.1, 0.15) is 11.7 Å². The highest BCUT2D eigenvalue weighted by molar-refractivity contribution is 5.85. The Kier molecular flexibility index (Phi) is 2.44. The topological polar surface area (TPSA) is 81.7 Å². The van der Waals surface area contributed by atoms with E-state index in [-0.39, 0.29) is 0 Å². The van der Waals surface area contributed by atoms with E-state index < -0.39 is 0 Å². The Balaban J connectivity index is 1.86. The molecule has 7 nitrogen and oxygen atoms in total. The Morgan fingerprint density at radius 2 is 2.17 bits per heavy atom. The molecular weight excluding hydrogens is 232 g/mol. The Bertz CT molecular complexity index is 686. The summed E-state index contributed by atoms with van der Waals surface area (Å²) in [4.78, 5) is 12.5. The van der Waals surface area contributed by atoms with Crippen LogP contribution in [0.2, 0.25) is 0 Å². The average molecular weight is 244 g/mol. The number of fused-ring (bicyclic) bond motifs is 1. The molecule has 0 aromatic carbocycles. The highest BCUT2D eigenvalue weighted by Crippen LogP contribution is 2.18. The molecule has 0 aliphatic heterocycles. The molecule has 3 aromatic rings. The summed E-state index contributed by atoms with van der Waals surface area (Å²) >= 11 is 0. The third-order valence-electron chi connectivity index (χ3n) is 2.61. The predicted octanol–water partition coefficient (Wildman–Crippen LogP) is 1.27. The van der Waals surface area contributed by atoms with Gasteiger partial charge in [-0.05, 0) is 6.92 Å². The molecule has 7 heteroatoms. The van der Waals surface area contributed by atoms with Crippen molar-refractivity contribution in [3.63, 3.8) is 0 Å². The number of rotatable bonds is 3. The number of hydrogen-bond donors (Lipinski definition) is 1. The number of aromatic nitrogens is 5. The van der Waals surface area contributed by atoms with Crippen LogP contribution in [0.5, 0.6) is 0 Å². The molecule has 0 radical (unpaired) electrons. The molecule has 92 valence electrons. The standard InChI is InChI=1S/C11H12N6O/c1-7-3-12-9(18-7)5-13-10-8-4-16-17(2)11(8)15-6-14-10/h3-4,6H,5H2,1-2H3,(H,13,14,15). The molecule has 0 bridgehead atoms. The minimum atomic E-state index is 0.481. The summed E-state index contributed by atoms with van der Waals surface area (Å²) in [6.45, 7) is 2.34. The summed E-state index contributed by atoms with van der Waals surface area (Å²) in [6.07, 6.45) is 4.93. The minimum Gasteiger partial charge on any atom is -0.444 e. The van der Waals surface area contributed by atoms with Gasteiger partial charge in [0.05, 0.1) is 24.3 Å². The van der Waals surface area contributed by atoms with Gasteiger partial charge in [0.1, 0.15) is 17.9 Å². The van der Waals surface area contributed by atoms with Crippen LogP contribution in [0.4, 0.5) is 5.82 Å². The Labute approximate surface area is 103 Å². The largest absolute Gasteiger partial charge is 0.444 e. The zero-order chi connectivity index (χ0) is 12.5. The monoisotopic (exact) mass is 244 g/mol. The maximum absolute atomic E-state index is 5.38. The second kappa shape index (κ2) is 4.10. The number of hydrogen-bond acceptors (Lipinski definition) is 6. The average Bonchev–Trinajstić information content (AvgIpc) is 2.94. The van der Waals surface area contributed by atoms with E-state index in [1.165, 1.54) is 6.33 Å². The van der Waals surface area contributed by atoms with Crippen molar-refractivity contribution in [2.24, 2.45) is 7.05 Å². The van der Waals surface area contributed by atoms with Gasteiger partial charge in [-0.25, -0.2) is 15.0 Å². The number of nitrogens with one attached hydrogen (secondary N) is 1. The predicted molar refractivity (Wildman–Crippen MR) is 64.9 cm³/mol. The van der Waals surface area contributed by atoms with Gasteiger partial charge in [-0.1, -0.05) is 0 Å². The van der Waals surface area contributed by atoms with Gasteiger partial charge in [0.2, 0.25) is 5.89 Å². The summed E-state index contributed by atoms with van der Waals surface area (Å²) in [7, 11) is 1.84. The van der Waals surface area contributed by atoms with E-state index in [4.69, 9.17) is 4.42 Å². The maximum atomic E-state index is 5.38. The summed E-state index contributed by atoms with van der Waals surface area (Å²) in [5, 5.41) is 8.20. The molecule has 1 N–H and O–H groups in total. The van der Waals surface area contributed by atoms with E-state index in [0.29, 0.717) is 12.4 Å². The van der Waals surface area contributed by atoms with Gasteiger partial charge in [0, 0.05) is 7.05 Å². The van der Waals surface area contributed by atoms with Crippen LogP contribution >= 0.6 is 0 Å². The van der Waals surface area contributed by atoms with Crippen LogP contribution in [0.25, 0.3) is 11.0 Å². The van der Waals surface area contributed by atoms with Gasteiger partial charge in [0.15, 0.2) is 5.65 Å². The quantitative estimate of drug-likeness (QED) is 0.747. The van der Waals surface area contributed by atoms with Crippen LogP contribution in [0, 0.1) is 6.92 Å². The van der Waals surface area contributed by atoms with Crippen LogP contribution in [0.15, 0.2) is 23.1 Å². The molecule has 0 saturated heterocycles. The lowest BCUT2D eigenvalue weighted by Crippen LogP contribution is -2.02. The third kappa shape index (κ3) is 1.79. The summed E-state index contributed by atoms with van der Waals surface area (Å²) in [6, 6.07) is 0. The highest BCUT2D eigenvalue weighted by Gasteiger charge is 2.08. The van der Waals surface area contributed by atoms with Gasteiger partial charge in [-0.15, -0.1) is 0 Å². The number of anilines is 1. The molecule has 0 unspecified atom stereocenters. The lowest BCUT2D eigenvalue weighted by molar-refractivity contribution is 0.479. The zero-order valence-corrected chi connectivity index (χ0v) is 10.1. The van der Waals surface area contributed by atoms with Crippen molar-refractivity contribution in [2.75, 3.05) is 5.32 Å². The van der Waals surface area contributed by atoms with Crippen LogP contribution < -0.4 is 5.32 Å². The maximum Gasteiger partial charge on any atom is 0.213 e.